The van der Waals surface area contributed by atoms with Gasteiger partial charge in [-0.25, -0.2) is 18.1 Å². The van der Waals surface area contributed by atoms with Gasteiger partial charge in [-0.1, -0.05) is 18.2 Å². The van der Waals surface area contributed by atoms with Crippen LogP contribution in [0.1, 0.15) is 18.4 Å². The maximum absolute atomic E-state index is 12.4. The molecule has 2 N–H and O–H groups in total. The average molecular weight is 429 g/mol. The van der Waals surface area contributed by atoms with Crippen molar-refractivity contribution in [1.82, 2.24) is 14.6 Å². The molecule has 0 unspecified atom stereocenters. The molecule has 30 heavy (non-hydrogen) atoms. The van der Waals surface area contributed by atoms with Gasteiger partial charge in [-0.3, -0.25) is 9.59 Å². The van der Waals surface area contributed by atoms with Crippen LogP contribution in [-0.4, -0.2) is 50.3 Å². The maximum Gasteiger partial charge on any atom is 0.246 e. The summed E-state index contributed by atoms with van der Waals surface area (Å²) in [4.78, 5) is 30.8. The first kappa shape index (κ1) is 21.7. The summed E-state index contributed by atoms with van der Waals surface area (Å²) in [6, 6.07) is 11.6. The van der Waals surface area contributed by atoms with Crippen molar-refractivity contribution >= 4 is 33.7 Å². The lowest BCUT2D eigenvalue weighted by molar-refractivity contribution is -0.130. The molecule has 0 atom stereocenters. The third-order valence-corrected chi connectivity index (χ3v) is 6.40. The van der Waals surface area contributed by atoms with Crippen LogP contribution in [0.2, 0.25) is 0 Å². The molecule has 1 aromatic heterocycles. The summed E-state index contributed by atoms with van der Waals surface area (Å²) in [6.07, 6.45) is 5.92. The van der Waals surface area contributed by atoms with Crippen molar-refractivity contribution in [3.63, 3.8) is 0 Å². The SMILES string of the molecule is CNS(=O)(=O)c1ccc(C=CC(=O)N2CCC(C(=O)Nc3ccccn3)CC2)cc1. The van der Waals surface area contributed by atoms with Crippen LogP contribution in [0.25, 0.3) is 6.08 Å². The van der Waals surface area contributed by atoms with Crippen LogP contribution in [0.3, 0.4) is 0 Å². The van der Waals surface area contributed by atoms with Gasteiger partial charge >= 0.3 is 0 Å². The lowest BCUT2D eigenvalue weighted by Gasteiger charge is -2.30. The Morgan fingerprint density at radius 2 is 1.80 bits per heavy atom. The molecule has 0 saturated carbocycles. The molecule has 2 amide bonds. The van der Waals surface area contributed by atoms with Crippen molar-refractivity contribution in [1.29, 1.82) is 0 Å². The molecule has 2 heterocycles. The normalized spacial score (nSPS) is 15.3. The zero-order chi connectivity index (χ0) is 21.6. The van der Waals surface area contributed by atoms with E-state index < -0.39 is 10.0 Å². The molecule has 3 rings (SSSR count). The van der Waals surface area contributed by atoms with Gasteiger partial charge in [-0.15, -0.1) is 0 Å². The molecule has 1 fully saturated rings. The number of likely N-dealkylation sites (tertiary alicyclic amines) is 1. The van der Waals surface area contributed by atoms with Crippen molar-refractivity contribution in [2.75, 3.05) is 25.5 Å². The Hall–Kier alpha value is -3.04. The topological polar surface area (TPSA) is 108 Å². The maximum atomic E-state index is 12.4. The summed E-state index contributed by atoms with van der Waals surface area (Å²) in [5, 5.41) is 2.81. The monoisotopic (exact) mass is 428 g/mol. The third kappa shape index (κ3) is 5.52. The van der Waals surface area contributed by atoms with Gasteiger partial charge in [0, 0.05) is 31.3 Å². The lowest BCUT2D eigenvalue weighted by Crippen LogP contribution is -2.40. The number of piperidine rings is 1. The number of carbonyl (C=O) groups excluding carboxylic acids is 2. The van der Waals surface area contributed by atoms with Crippen molar-refractivity contribution in [2.45, 2.75) is 17.7 Å². The summed E-state index contributed by atoms with van der Waals surface area (Å²) in [7, 11) is -2.13. The van der Waals surface area contributed by atoms with Crippen molar-refractivity contribution in [3.05, 3.63) is 60.3 Å². The Labute approximate surface area is 176 Å². The first-order valence-corrected chi connectivity index (χ1v) is 11.1. The largest absolute Gasteiger partial charge is 0.339 e. The summed E-state index contributed by atoms with van der Waals surface area (Å²) in [5.74, 6) is 0.164. The van der Waals surface area contributed by atoms with E-state index in [1.54, 1.807) is 41.4 Å². The summed E-state index contributed by atoms with van der Waals surface area (Å²) in [6.45, 7) is 1.01. The molecule has 1 saturated heterocycles. The van der Waals surface area contributed by atoms with Crippen LogP contribution < -0.4 is 10.0 Å². The van der Waals surface area contributed by atoms with Crippen molar-refractivity contribution in [2.24, 2.45) is 5.92 Å². The minimum absolute atomic E-state index is 0.0760. The smallest absolute Gasteiger partial charge is 0.246 e. The molecular formula is C21H24N4O4S. The van der Waals surface area contributed by atoms with E-state index in [2.05, 4.69) is 15.0 Å². The number of nitrogens with zero attached hydrogens (tertiary/aromatic N) is 2. The Bertz CT molecular complexity index is 1010. The number of sulfonamides is 1. The molecule has 0 bridgehead atoms. The second-order valence-electron chi connectivity index (χ2n) is 6.91. The number of aromatic nitrogens is 1. The zero-order valence-electron chi connectivity index (χ0n) is 16.6. The fourth-order valence-corrected chi connectivity index (χ4v) is 3.91. The Kier molecular flexibility index (Phi) is 6.96. The molecule has 0 radical (unpaired) electrons. The van der Waals surface area contributed by atoms with Crippen molar-refractivity contribution in [3.8, 4) is 0 Å². The van der Waals surface area contributed by atoms with Gasteiger partial charge < -0.3 is 10.2 Å². The Morgan fingerprint density at radius 3 is 2.40 bits per heavy atom. The minimum Gasteiger partial charge on any atom is -0.339 e. The first-order chi connectivity index (χ1) is 14.4. The molecule has 0 spiro atoms. The number of amides is 2. The minimum atomic E-state index is -3.48. The number of nitrogens with one attached hydrogen (secondary N) is 2. The Morgan fingerprint density at radius 1 is 1.10 bits per heavy atom. The third-order valence-electron chi connectivity index (χ3n) is 4.97. The van der Waals surface area contributed by atoms with Gasteiger partial charge in [-0.05, 0) is 55.8 Å². The van der Waals surface area contributed by atoms with Crippen molar-refractivity contribution < 1.29 is 18.0 Å². The highest BCUT2D eigenvalue weighted by Gasteiger charge is 2.26. The standard InChI is InChI=1S/C21H24N4O4S/c1-22-30(28,29)18-8-5-16(6-9-18)7-10-20(26)25-14-11-17(12-15-25)21(27)24-19-4-2-3-13-23-19/h2-10,13,17,22H,11-12,14-15H2,1H3,(H,23,24,27). The first-order valence-electron chi connectivity index (χ1n) is 9.61. The number of benzene rings is 1. The van der Waals surface area contributed by atoms with E-state index in [0.717, 1.165) is 5.56 Å². The lowest BCUT2D eigenvalue weighted by atomic mass is 9.96. The molecular weight excluding hydrogens is 404 g/mol. The molecule has 1 aliphatic rings. The van der Waals surface area contributed by atoms with E-state index in [9.17, 15) is 18.0 Å². The number of hydrogen-bond acceptors (Lipinski definition) is 5. The van der Waals surface area contributed by atoms with Crippen LogP contribution in [0.4, 0.5) is 5.82 Å². The molecule has 2 aromatic rings. The van der Waals surface area contributed by atoms with E-state index in [1.165, 1.54) is 25.3 Å². The number of hydrogen-bond donors (Lipinski definition) is 2. The number of carbonyl (C=O) groups is 2. The highest BCUT2D eigenvalue weighted by atomic mass is 32.2. The second-order valence-corrected chi connectivity index (χ2v) is 8.80. The van der Waals surface area contributed by atoms with Gasteiger partial charge in [0.2, 0.25) is 21.8 Å². The predicted octanol–water partition coefficient (Wildman–Crippen LogP) is 1.88. The van der Waals surface area contributed by atoms with E-state index in [1.807, 2.05) is 6.07 Å². The van der Waals surface area contributed by atoms with Crippen LogP contribution >= 0.6 is 0 Å². The van der Waals surface area contributed by atoms with Crippen LogP contribution in [0.5, 0.6) is 0 Å². The van der Waals surface area contributed by atoms with E-state index in [0.29, 0.717) is 31.7 Å². The molecule has 9 heteroatoms. The molecule has 0 aliphatic carbocycles. The number of anilines is 1. The van der Waals surface area contributed by atoms with Gasteiger partial charge in [0.1, 0.15) is 5.82 Å². The predicted molar refractivity (Wildman–Crippen MR) is 114 cm³/mol. The molecule has 158 valence electrons. The van der Waals surface area contributed by atoms with Crippen LogP contribution in [-0.2, 0) is 19.6 Å². The van der Waals surface area contributed by atoms with E-state index in [4.69, 9.17) is 0 Å². The Balaban J connectivity index is 1.51. The fraction of sp³-hybridized carbons (Fsp3) is 0.286. The van der Waals surface area contributed by atoms with E-state index in [-0.39, 0.29) is 22.6 Å². The summed E-state index contributed by atoms with van der Waals surface area (Å²) in [5.41, 5.74) is 0.725. The number of pyridine rings is 1. The highest BCUT2D eigenvalue weighted by molar-refractivity contribution is 7.89. The van der Waals surface area contributed by atoms with Gasteiger partial charge in [0.05, 0.1) is 4.90 Å². The van der Waals surface area contributed by atoms with Gasteiger partial charge in [0.15, 0.2) is 0 Å². The quantitative estimate of drug-likeness (QED) is 0.683. The molecule has 1 aromatic carbocycles. The van der Waals surface area contributed by atoms with Gasteiger partial charge in [0.25, 0.3) is 0 Å². The fourth-order valence-electron chi connectivity index (χ4n) is 3.18. The van der Waals surface area contributed by atoms with Crippen LogP contribution in [0, 0.1) is 5.92 Å². The molecule has 1 aliphatic heterocycles. The van der Waals surface area contributed by atoms with E-state index >= 15 is 0 Å². The van der Waals surface area contributed by atoms with Crippen LogP contribution in [0.15, 0.2) is 59.6 Å². The zero-order valence-corrected chi connectivity index (χ0v) is 17.4. The summed E-state index contributed by atoms with van der Waals surface area (Å²) < 4.78 is 25.7. The average Bonchev–Trinajstić information content (AvgIpc) is 2.78. The molecule has 8 nitrogen and oxygen atoms in total. The summed E-state index contributed by atoms with van der Waals surface area (Å²) >= 11 is 0. The number of rotatable bonds is 6. The highest BCUT2D eigenvalue weighted by Crippen LogP contribution is 2.19. The van der Waals surface area contributed by atoms with Gasteiger partial charge in [-0.2, -0.15) is 0 Å². The second kappa shape index (κ2) is 9.64.